The van der Waals surface area contributed by atoms with Crippen LogP contribution in [-0.2, 0) is 4.74 Å². The van der Waals surface area contributed by atoms with Crippen molar-refractivity contribution in [3.8, 4) is 0 Å². The van der Waals surface area contributed by atoms with E-state index in [2.05, 4.69) is 26.1 Å². The first-order valence-corrected chi connectivity index (χ1v) is 8.23. The molecule has 0 saturated carbocycles. The Bertz CT molecular complexity index is 296. The largest absolute Gasteiger partial charge is 0.376 e. The Morgan fingerprint density at radius 1 is 1.50 bits per heavy atom. The fraction of sp³-hybridized carbons (Fsp3) is 0.929. The van der Waals surface area contributed by atoms with Crippen LogP contribution in [0.5, 0.6) is 0 Å². The Morgan fingerprint density at radius 3 is 2.78 bits per heavy atom. The Kier molecular flexibility index (Phi) is 4.96. The van der Waals surface area contributed by atoms with Gasteiger partial charge in [0.1, 0.15) is 0 Å². The molecule has 0 aromatic rings. The molecule has 1 N–H and O–H groups in total. The molecule has 0 aromatic carbocycles. The summed E-state index contributed by atoms with van der Waals surface area (Å²) in [5, 5.41) is 4.66. The molecule has 2 unspecified atom stereocenters. The molecule has 1 saturated heterocycles. The van der Waals surface area contributed by atoms with Crippen LogP contribution >= 0.6 is 11.8 Å². The van der Waals surface area contributed by atoms with Gasteiger partial charge >= 0.3 is 0 Å². The van der Waals surface area contributed by atoms with Crippen LogP contribution in [0.25, 0.3) is 0 Å². The van der Waals surface area contributed by atoms with E-state index in [1.54, 1.807) is 0 Å². The molecule has 2 heterocycles. The second-order valence-electron chi connectivity index (χ2n) is 5.60. The number of nitrogens with one attached hydrogen (secondary N) is 1. The standard InChI is InChI=1S/C14H26N2OS/c1-4-14(5-2)9-15-13(18-10-14)16-11(3)12-7-6-8-17-12/h11-12H,4-10H2,1-3H3,(H,15,16). The lowest BCUT2D eigenvalue weighted by atomic mass is 9.84. The van der Waals surface area contributed by atoms with Crippen molar-refractivity contribution in [2.45, 2.75) is 58.6 Å². The zero-order chi connectivity index (χ0) is 13.0. The number of nitrogens with zero attached hydrogens (tertiary/aromatic N) is 1. The lowest BCUT2D eigenvalue weighted by Crippen LogP contribution is -2.42. The smallest absolute Gasteiger partial charge is 0.156 e. The van der Waals surface area contributed by atoms with E-state index in [9.17, 15) is 0 Å². The first-order valence-electron chi connectivity index (χ1n) is 7.24. The molecule has 2 rings (SSSR count). The molecule has 2 aliphatic heterocycles. The van der Waals surface area contributed by atoms with Crippen molar-refractivity contribution in [3.05, 3.63) is 0 Å². The van der Waals surface area contributed by atoms with E-state index in [-0.39, 0.29) is 0 Å². The monoisotopic (exact) mass is 270 g/mol. The molecule has 104 valence electrons. The number of thioether (sulfide) groups is 1. The quantitative estimate of drug-likeness (QED) is 0.852. The third-order valence-electron chi connectivity index (χ3n) is 4.45. The molecule has 18 heavy (non-hydrogen) atoms. The van der Waals surface area contributed by atoms with E-state index in [4.69, 9.17) is 9.73 Å². The number of hydrogen-bond donors (Lipinski definition) is 1. The lowest BCUT2D eigenvalue weighted by molar-refractivity contribution is 0.0895. The molecular weight excluding hydrogens is 244 g/mol. The Hall–Kier alpha value is -0.220. The number of ether oxygens (including phenoxy) is 1. The fourth-order valence-corrected chi connectivity index (χ4v) is 3.97. The molecule has 0 bridgehead atoms. The highest BCUT2D eigenvalue weighted by molar-refractivity contribution is 8.13. The first-order chi connectivity index (χ1) is 8.69. The maximum atomic E-state index is 5.71. The average molecular weight is 270 g/mol. The van der Waals surface area contributed by atoms with Gasteiger partial charge < -0.3 is 10.1 Å². The second kappa shape index (κ2) is 6.29. The van der Waals surface area contributed by atoms with Gasteiger partial charge in [-0.05, 0) is 38.0 Å². The van der Waals surface area contributed by atoms with Gasteiger partial charge in [0, 0.05) is 18.9 Å². The predicted octanol–water partition coefficient (Wildman–Crippen LogP) is 3.05. The zero-order valence-electron chi connectivity index (χ0n) is 11.9. The number of rotatable bonds is 4. The minimum Gasteiger partial charge on any atom is -0.376 e. The van der Waals surface area contributed by atoms with E-state index in [1.165, 1.54) is 31.4 Å². The number of hydrogen-bond acceptors (Lipinski definition) is 4. The molecule has 0 radical (unpaired) electrons. The van der Waals surface area contributed by atoms with E-state index < -0.39 is 0 Å². The normalized spacial score (nSPS) is 28.8. The summed E-state index contributed by atoms with van der Waals surface area (Å²) < 4.78 is 5.71. The van der Waals surface area contributed by atoms with E-state index in [0.717, 1.165) is 18.3 Å². The van der Waals surface area contributed by atoms with Crippen molar-refractivity contribution in [2.75, 3.05) is 18.9 Å². The Labute approximate surface area is 115 Å². The zero-order valence-corrected chi connectivity index (χ0v) is 12.7. The first kappa shape index (κ1) is 14.2. The highest BCUT2D eigenvalue weighted by Gasteiger charge is 2.31. The van der Waals surface area contributed by atoms with Gasteiger partial charge in [0.2, 0.25) is 0 Å². The van der Waals surface area contributed by atoms with Crippen LogP contribution in [-0.4, -0.2) is 36.2 Å². The van der Waals surface area contributed by atoms with Crippen LogP contribution in [0.15, 0.2) is 4.99 Å². The van der Waals surface area contributed by atoms with Crippen LogP contribution in [0.1, 0.15) is 46.5 Å². The summed E-state index contributed by atoms with van der Waals surface area (Å²) in [5.41, 5.74) is 0.433. The summed E-state index contributed by atoms with van der Waals surface area (Å²) in [6.07, 6.45) is 5.21. The summed E-state index contributed by atoms with van der Waals surface area (Å²) in [5.74, 6) is 1.20. The Balaban J connectivity index is 1.86. The second-order valence-corrected chi connectivity index (χ2v) is 6.57. The van der Waals surface area contributed by atoms with Crippen molar-refractivity contribution in [3.63, 3.8) is 0 Å². The van der Waals surface area contributed by atoms with Gasteiger partial charge in [-0.2, -0.15) is 0 Å². The van der Waals surface area contributed by atoms with Gasteiger partial charge in [-0.1, -0.05) is 25.6 Å². The lowest BCUT2D eigenvalue weighted by Gasteiger charge is -2.34. The molecule has 0 spiro atoms. The van der Waals surface area contributed by atoms with Crippen LogP contribution in [0, 0.1) is 5.41 Å². The van der Waals surface area contributed by atoms with Crippen molar-refractivity contribution >= 4 is 16.9 Å². The van der Waals surface area contributed by atoms with Crippen LogP contribution in [0.3, 0.4) is 0 Å². The molecule has 3 nitrogen and oxygen atoms in total. The third kappa shape index (κ3) is 3.21. The molecule has 2 aliphatic rings. The van der Waals surface area contributed by atoms with E-state index >= 15 is 0 Å². The highest BCUT2D eigenvalue weighted by atomic mass is 32.2. The van der Waals surface area contributed by atoms with Crippen LogP contribution in [0.4, 0.5) is 0 Å². The summed E-state index contributed by atoms with van der Waals surface area (Å²) in [4.78, 5) is 4.75. The molecule has 0 amide bonds. The Morgan fingerprint density at radius 2 is 2.28 bits per heavy atom. The van der Waals surface area contributed by atoms with Gasteiger partial charge in [0.15, 0.2) is 5.17 Å². The molecule has 4 heteroatoms. The maximum Gasteiger partial charge on any atom is 0.156 e. The van der Waals surface area contributed by atoms with Crippen LogP contribution in [0.2, 0.25) is 0 Å². The minimum atomic E-state index is 0.373. The molecule has 2 atom stereocenters. The molecule has 0 aliphatic carbocycles. The van der Waals surface area contributed by atoms with Gasteiger partial charge in [-0.15, -0.1) is 0 Å². The summed E-state index contributed by atoms with van der Waals surface area (Å²) in [6.45, 7) is 8.68. The van der Waals surface area contributed by atoms with Crippen molar-refractivity contribution in [1.82, 2.24) is 5.32 Å². The molecule has 1 fully saturated rings. The number of aliphatic imine (C=N–C) groups is 1. The SMILES string of the molecule is CCC1(CC)CN=C(NC(C)C2CCCO2)SC1. The topological polar surface area (TPSA) is 33.6 Å². The third-order valence-corrected chi connectivity index (χ3v) is 5.72. The van der Waals surface area contributed by atoms with Crippen molar-refractivity contribution in [2.24, 2.45) is 10.4 Å². The average Bonchev–Trinajstić information content (AvgIpc) is 2.94. The van der Waals surface area contributed by atoms with E-state index in [0.29, 0.717) is 17.6 Å². The summed E-state index contributed by atoms with van der Waals surface area (Å²) >= 11 is 1.89. The van der Waals surface area contributed by atoms with Gasteiger partial charge in [0.25, 0.3) is 0 Å². The molecular formula is C14H26N2OS. The molecule has 0 aromatic heterocycles. The number of amidine groups is 1. The van der Waals surface area contributed by atoms with Gasteiger partial charge in [-0.25, -0.2) is 0 Å². The maximum absolute atomic E-state index is 5.71. The van der Waals surface area contributed by atoms with Crippen molar-refractivity contribution < 1.29 is 4.74 Å². The summed E-state index contributed by atoms with van der Waals surface area (Å²) in [6, 6.07) is 0.384. The van der Waals surface area contributed by atoms with Crippen LogP contribution < -0.4 is 5.32 Å². The highest BCUT2D eigenvalue weighted by Crippen LogP contribution is 2.35. The van der Waals surface area contributed by atoms with Gasteiger partial charge in [0.05, 0.1) is 12.1 Å². The fourth-order valence-electron chi connectivity index (χ4n) is 2.60. The van der Waals surface area contributed by atoms with Crippen molar-refractivity contribution in [1.29, 1.82) is 0 Å². The van der Waals surface area contributed by atoms with Gasteiger partial charge in [-0.3, -0.25) is 4.99 Å². The van der Waals surface area contributed by atoms with E-state index in [1.807, 2.05) is 11.8 Å². The summed E-state index contributed by atoms with van der Waals surface area (Å²) in [7, 11) is 0. The minimum absolute atomic E-state index is 0.373. The predicted molar refractivity (Wildman–Crippen MR) is 79.3 cm³/mol.